The van der Waals surface area contributed by atoms with Crippen LogP contribution in [0.2, 0.25) is 0 Å². The summed E-state index contributed by atoms with van der Waals surface area (Å²) in [7, 11) is 1.39. The summed E-state index contributed by atoms with van der Waals surface area (Å²) in [6.45, 7) is 8.90. The smallest absolute Gasteiger partial charge is 1.00 e. The predicted molar refractivity (Wildman–Crippen MR) is 175 cm³/mol. The molecule has 0 heterocycles. The first-order chi connectivity index (χ1) is 19.1. The maximum Gasteiger partial charge on any atom is 4.00 e. The van der Waals surface area contributed by atoms with Crippen molar-refractivity contribution in [2.45, 2.75) is 105 Å². The molecule has 0 aliphatic rings. The molecule has 4 aromatic carbocycles. The molecule has 0 aromatic heterocycles. The fourth-order valence-corrected chi connectivity index (χ4v) is 3.85. The third-order valence-corrected chi connectivity index (χ3v) is 6.20. The molecule has 0 aliphatic carbocycles. The largest absolute Gasteiger partial charge is 4.00 e. The molecule has 0 fully saturated rings. The summed E-state index contributed by atoms with van der Waals surface area (Å²) in [5.41, 5.74) is 5.93. The second-order valence-corrected chi connectivity index (χ2v) is 10.0. The Hall–Kier alpha value is 0.376. The van der Waals surface area contributed by atoms with Gasteiger partial charge in [0.05, 0.1) is 19.0 Å². The van der Waals surface area contributed by atoms with E-state index in [-0.39, 0.29) is 86.4 Å². The van der Waals surface area contributed by atoms with Gasteiger partial charge in [-0.25, -0.2) is 48.5 Å². The van der Waals surface area contributed by atoms with Gasteiger partial charge in [-0.3, -0.25) is 4.29 Å². The van der Waals surface area contributed by atoms with Crippen LogP contribution >= 0.6 is 11.9 Å². The fraction of sp³-hybridized carbons (Fsp3) is 0.459. The molecular formula is C37H55Br2ClOZr2+2. The molecule has 0 saturated carbocycles. The average molecular weight is 894 g/mol. The predicted octanol–water partition coefficient (Wildman–Crippen LogP) is 5.78. The second-order valence-electron chi connectivity index (χ2n) is 9.74. The summed E-state index contributed by atoms with van der Waals surface area (Å²) in [5, 5.41) is 0. The van der Waals surface area contributed by atoms with E-state index in [9.17, 15) is 0 Å². The van der Waals surface area contributed by atoms with Crippen molar-refractivity contribution in [1.82, 2.24) is 0 Å². The van der Waals surface area contributed by atoms with E-state index in [0.29, 0.717) is 0 Å². The molecule has 236 valence electrons. The quantitative estimate of drug-likeness (QED) is 0.164. The van der Waals surface area contributed by atoms with Gasteiger partial charge in [-0.1, -0.05) is 105 Å². The van der Waals surface area contributed by atoms with Gasteiger partial charge in [-0.05, 0) is 0 Å². The van der Waals surface area contributed by atoms with Gasteiger partial charge in [0.2, 0.25) is 0 Å². The van der Waals surface area contributed by atoms with E-state index in [1.807, 2.05) is 0 Å². The molecule has 0 atom stereocenters. The Labute approximate surface area is 330 Å². The van der Waals surface area contributed by atoms with Gasteiger partial charge in [0.25, 0.3) is 0 Å². The molecule has 0 unspecified atom stereocenters. The Bertz CT molecular complexity index is 753. The molecule has 0 aliphatic heterocycles. The topological polar surface area (TPSA) is 9.23 Å². The van der Waals surface area contributed by atoms with Gasteiger partial charge in [-0.2, -0.15) is 70.8 Å². The zero-order valence-corrected chi connectivity index (χ0v) is 36.1. The number of halogens is 3. The Kier molecular flexibility index (Phi) is 52.1. The van der Waals surface area contributed by atoms with Crippen molar-refractivity contribution in [2.24, 2.45) is 0 Å². The van der Waals surface area contributed by atoms with E-state index >= 15 is 0 Å². The van der Waals surface area contributed by atoms with Crippen LogP contribution in [0, 0.1) is 0 Å². The molecule has 0 spiro atoms. The van der Waals surface area contributed by atoms with Crippen molar-refractivity contribution < 1.29 is 90.7 Å². The summed E-state index contributed by atoms with van der Waals surface area (Å²) < 4.78 is 3.72. The van der Waals surface area contributed by atoms with Crippen LogP contribution in [-0.2, 0) is 82.4 Å². The van der Waals surface area contributed by atoms with Gasteiger partial charge < -0.3 is 34.0 Å². The molecule has 43 heavy (non-hydrogen) atoms. The molecule has 4 aromatic rings. The number of hydrogen-bond donors (Lipinski definition) is 0. The van der Waals surface area contributed by atoms with E-state index in [1.54, 1.807) is 0 Å². The van der Waals surface area contributed by atoms with Crippen LogP contribution in [0.3, 0.4) is 0 Å². The zero-order chi connectivity index (χ0) is 28.8. The first-order valence-electron chi connectivity index (χ1n) is 15.1. The van der Waals surface area contributed by atoms with E-state index in [4.69, 9.17) is 0 Å². The molecule has 0 bridgehead atoms. The molecule has 0 saturated heterocycles. The van der Waals surface area contributed by atoms with Gasteiger partial charge in [0.1, 0.15) is 0 Å². The van der Waals surface area contributed by atoms with Crippen LogP contribution in [0.4, 0.5) is 0 Å². The molecule has 1 nitrogen and oxygen atoms in total. The molecular weight excluding hydrogens is 838 g/mol. The third-order valence-electron chi connectivity index (χ3n) is 6.20. The first-order valence-corrected chi connectivity index (χ1v) is 15.4. The normalized spacial score (nSPS) is 8.70. The number of aryl methyl sites for hydroxylation is 4. The Morgan fingerprint density at radius 2 is 0.558 bits per heavy atom. The fourth-order valence-electron chi connectivity index (χ4n) is 3.85. The minimum atomic E-state index is 0. The molecule has 6 heteroatoms. The minimum Gasteiger partial charge on any atom is -1.00 e. The van der Waals surface area contributed by atoms with Gasteiger partial charge in [0, 0.05) is 0 Å². The van der Waals surface area contributed by atoms with Crippen molar-refractivity contribution in [3.8, 4) is 0 Å². The standard InChI is InChI=1S/4C9H13.CH3ClO.2BrH.2Zr/c4*1-2-3-6-9-7-4-5-8-9;1-3-2;;;;/h4*4-5,7-8H,2-3,6H2,1H3;1H3;2*1H;;/q4*-1;;;;2*+4/p-2. The van der Waals surface area contributed by atoms with E-state index in [1.165, 1.54) is 106 Å². The van der Waals surface area contributed by atoms with E-state index < -0.39 is 0 Å². The monoisotopic (exact) mass is 888 g/mol. The second kappa shape index (κ2) is 42.4. The first kappa shape index (κ1) is 52.9. The van der Waals surface area contributed by atoms with Crippen LogP contribution in [-0.4, -0.2) is 7.11 Å². The molecule has 0 amide bonds. The van der Waals surface area contributed by atoms with Crippen LogP contribution in [0.15, 0.2) is 97.1 Å². The summed E-state index contributed by atoms with van der Waals surface area (Å²) >= 11 is 4.50. The molecule has 0 N–H and O–H groups in total. The van der Waals surface area contributed by atoms with Crippen molar-refractivity contribution in [1.29, 1.82) is 0 Å². The van der Waals surface area contributed by atoms with Gasteiger partial charge in [0.15, 0.2) is 0 Å². The Balaban J connectivity index is -0.000000140. The maximum absolute atomic E-state index is 4.50. The number of hydrogen-bond acceptors (Lipinski definition) is 1. The number of rotatable bonds is 12. The Morgan fingerprint density at radius 1 is 0.419 bits per heavy atom. The van der Waals surface area contributed by atoms with Crippen LogP contribution in [0.25, 0.3) is 0 Å². The summed E-state index contributed by atoms with van der Waals surface area (Å²) in [6.07, 6.45) is 15.5. The summed E-state index contributed by atoms with van der Waals surface area (Å²) in [6, 6.07) is 34.3. The van der Waals surface area contributed by atoms with Crippen molar-refractivity contribution in [2.75, 3.05) is 7.11 Å². The Morgan fingerprint density at radius 3 is 0.674 bits per heavy atom. The third kappa shape index (κ3) is 35.1. The van der Waals surface area contributed by atoms with Crippen molar-refractivity contribution in [3.05, 3.63) is 119 Å². The van der Waals surface area contributed by atoms with Crippen molar-refractivity contribution in [3.63, 3.8) is 0 Å². The van der Waals surface area contributed by atoms with E-state index in [2.05, 4.69) is 141 Å². The SMILES string of the molecule is CCCC[c-]1cccc1.CCCC[c-]1cccc1.CCCC[c-]1cccc1.CCCC[c-]1cccc1.COCl.[Br-].[Br-].[Zr+4].[Zr+4]. The van der Waals surface area contributed by atoms with Crippen LogP contribution in [0.1, 0.15) is 101 Å². The summed E-state index contributed by atoms with van der Waals surface area (Å²) in [5.74, 6) is 0. The number of unbranched alkanes of at least 4 members (excludes halogenated alkanes) is 4. The van der Waals surface area contributed by atoms with Crippen LogP contribution in [0.5, 0.6) is 0 Å². The van der Waals surface area contributed by atoms with Crippen molar-refractivity contribution >= 4 is 11.9 Å². The zero-order valence-electron chi connectivity index (χ0n) is 27.3. The summed E-state index contributed by atoms with van der Waals surface area (Å²) in [4.78, 5) is 0. The molecule has 0 radical (unpaired) electrons. The van der Waals surface area contributed by atoms with Gasteiger partial charge in [-0.15, -0.1) is 0 Å². The van der Waals surface area contributed by atoms with Gasteiger partial charge >= 0.3 is 52.4 Å². The maximum atomic E-state index is 4.50. The van der Waals surface area contributed by atoms with Crippen LogP contribution < -0.4 is 34.0 Å². The van der Waals surface area contributed by atoms with E-state index in [0.717, 1.165) is 0 Å². The minimum absolute atomic E-state index is 0. The average Bonchev–Trinajstić information content (AvgIpc) is 3.79. The molecule has 4 rings (SSSR count).